The van der Waals surface area contributed by atoms with Gasteiger partial charge in [-0.3, -0.25) is 4.79 Å². The Morgan fingerprint density at radius 1 is 1.03 bits per heavy atom. The molecule has 5 nitrogen and oxygen atoms in total. The lowest BCUT2D eigenvalue weighted by atomic mass is 10.1. The zero-order valence-corrected chi connectivity index (χ0v) is 20.7. The minimum atomic E-state index is -0.394. The van der Waals surface area contributed by atoms with Crippen molar-refractivity contribution in [1.82, 2.24) is 5.32 Å². The first kappa shape index (κ1) is 25.1. The quantitative estimate of drug-likeness (QED) is 0.189. The molecule has 0 aliphatic rings. The van der Waals surface area contributed by atoms with Crippen molar-refractivity contribution < 1.29 is 14.3 Å². The van der Waals surface area contributed by atoms with E-state index in [1.165, 1.54) is 5.56 Å². The van der Waals surface area contributed by atoms with E-state index in [9.17, 15) is 10.1 Å². The van der Waals surface area contributed by atoms with Crippen molar-refractivity contribution in [2.45, 2.75) is 26.4 Å². The molecule has 0 saturated heterocycles. The Balaban J connectivity index is 1.67. The monoisotopic (exact) mass is 518 g/mol. The average molecular weight is 519 g/mol. The second kappa shape index (κ2) is 13.2. The Morgan fingerprint density at radius 2 is 1.71 bits per heavy atom. The van der Waals surface area contributed by atoms with Gasteiger partial charge in [0.05, 0.1) is 11.1 Å². The zero-order chi connectivity index (χ0) is 24.2. The third-order valence-electron chi connectivity index (χ3n) is 5.00. The van der Waals surface area contributed by atoms with Gasteiger partial charge in [0.2, 0.25) is 0 Å². The highest BCUT2D eigenvalue weighted by Gasteiger charge is 2.14. The molecule has 3 rings (SSSR count). The number of carbonyl (C=O) groups excluding carboxylic acids is 1. The lowest BCUT2D eigenvalue weighted by molar-refractivity contribution is -0.117. The maximum atomic E-state index is 12.5. The molecular weight excluding hydrogens is 492 g/mol. The predicted molar refractivity (Wildman–Crippen MR) is 137 cm³/mol. The fourth-order valence-corrected chi connectivity index (χ4v) is 3.93. The molecule has 1 amide bonds. The molecule has 0 fully saturated rings. The number of hydrogen-bond donors (Lipinski definition) is 1. The number of nitriles is 1. The molecule has 0 spiro atoms. The number of amides is 1. The number of rotatable bonds is 11. The summed E-state index contributed by atoms with van der Waals surface area (Å²) in [7, 11) is 0. The standard InChI is InChI=1S/C28H27BrN2O3/c1-2-33-26-18-23(17-25(29)27(26)34-20-22-12-7-4-8-13-22)16-24(19-30)28(32)31-15-9-14-21-10-5-3-6-11-21/h3-8,10-13,16-18H,2,9,14-15,20H2,1H3,(H,31,32)/b24-16-. The second-order valence-electron chi connectivity index (χ2n) is 7.55. The summed E-state index contributed by atoms with van der Waals surface area (Å²) >= 11 is 3.55. The van der Waals surface area contributed by atoms with Crippen LogP contribution in [0.15, 0.2) is 82.8 Å². The molecule has 0 aliphatic heterocycles. The summed E-state index contributed by atoms with van der Waals surface area (Å²) in [4.78, 5) is 12.5. The first-order valence-electron chi connectivity index (χ1n) is 11.2. The van der Waals surface area contributed by atoms with Gasteiger partial charge >= 0.3 is 0 Å². The molecule has 0 aromatic heterocycles. The second-order valence-corrected chi connectivity index (χ2v) is 8.41. The minimum absolute atomic E-state index is 0.0343. The lowest BCUT2D eigenvalue weighted by Gasteiger charge is -2.15. The van der Waals surface area contributed by atoms with Crippen LogP contribution in [0, 0.1) is 11.3 Å². The Morgan fingerprint density at radius 3 is 2.35 bits per heavy atom. The highest BCUT2D eigenvalue weighted by atomic mass is 79.9. The lowest BCUT2D eigenvalue weighted by Crippen LogP contribution is -2.25. The number of nitrogens with one attached hydrogen (secondary N) is 1. The minimum Gasteiger partial charge on any atom is -0.490 e. The van der Waals surface area contributed by atoms with Gasteiger partial charge in [0.1, 0.15) is 18.2 Å². The molecule has 0 bridgehead atoms. The fraction of sp³-hybridized carbons (Fsp3) is 0.214. The zero-order valence-electron chi connectivity index (χ0n) is 19.1. The molecule has 0 heterocycles. The molecular formula is C28H27BrN2O3. The number of hydrogen-bond acceptors (Lipinski definition) is 4. The summed E-state index contributed by atoms with van der Waals surface area (Å²) in [6.45, 7) is 3.23. The summed E-state index contributed by atoms with van der Waals surface area (Å²) in [6.07, 6.45) is 3.21. The van der Waals surface area contributed by atoms with Crippen LogP contribution in [0.4, 0.5) is 0 Å². The molecule has 174 valence electrons. The molecule has 0 unspecified atom stereocenters. The van der Waals surface area contributed by atoms with Crippen LogP contribution in [0.2, 0.25) is 0 Å². The smallest absolute Gasteiger partial charge is 0.261 e. The summed E-state index contributed by atoms with van der Waals surface area (Å²) in [5, 5.41) is 12.4. The van der Waals surface area contributed by atoms with Crippen LogP contribution in [0.3, 0.4) is 0 Å². The Labute approximate surface area is 209 Å². The number of aryl methyl sites for hydroxylation is 1. The Bertz CT molecular complexity index is 1160. The molecule has 6 heteroatoms. The van der Waals surface area contributed by atoms with Crippen LogP contribution < -0.4 is 14.8 Å². The van der Waals surface area contributed by atoms with Crippen LogP contribution in [0.5, 0.6) is 11.5 Å². The number of benzene rings is 3. The molecule has 3 aromatic carbocycles. The largest absolute Gasteiger partial charge is 0.490 e. The van der Waals surface area contributed by atoms with Crippen molar-refractivity contribution in [3.8, 4) is 17.6 Å². The molecule has 0 aliphatic carbocycles. The number of nitrogens with zero attached hydrogens (tertiary/aromatic N) is 1. The van der Waals surface area contributed by atoms with E-state index in [0.717, 1.165) is 18.4 Å². The molecule has 0 radical (unpaired) electrons. The van der Waals surface area contributed by atoms with Gasteiger partial charge in [-0.15, -0.1) is 0 Å². The summed E-state index contributed by atoms with van der Waals surface area (Å²) in [5.41, 5.74) is 2.96. The first-order valence-corrected chi connectivity index (χ1v) is 12.0. The van der Waals surface area contributed by atoms with Gasteiger partial charge in [-0.2, -0.15) is 5.26 Å². The first-order chi connectivity index (χ1) is 16.6. The number of halogens is 1. The van der Waals surface area contributed by atoms with Crippen molar-refractivity contribution in [2.75, 3.05) is 13.2 Å². The topological polar surface area (TPSA) is 71.3 Å². The van der Waals surface area contributed by atoms with Crippen molar-refractivity contribution in [1.29, 1.82) is 5.26 Å². The van der Waals surface area contributed by atoms with Gasteiger partial charge in [-0.25, -0.2) is 0 Å². The van der Waals surface area contributed by atoms with Gasteiger partial charge in [0.25, 0.3) is 5.91 Å². The fourth-order valence-electron chi connectivity index (χ4n) is 3.35. The maximum absolute atomic E-state index is 12.5. The average Bonchev–Trinajstić information content (AvgIpc) is 2.86. The van der Waals surface area contributed by atoms with Crippen LogP contribution in [-0.4, -0.2) is 19.1 Å². The van der Waals surface area contributed by atoms with Crippen molar-refractivity contribution in [3.63, 3.8) is 0 Å². The molecule has 0 atom stereocenters. The number of carbonyl (C=O) groups is 1. The summed E-state index contributed by atoms with van der Waals surface area (Å²) in [5.74, 6) is 0.723. The Hall–Kier alpha value is -3.56. The van der Waals surface area contributed by atoms with Gasteiger partial charge in [-0.05, 0) is 70.6 Å². The number of ether oxygens (including phenoxy) is 2. The predicted octanol–water partition coefficient (Wildman–Crippen LogP) is 6.08. The highest BCUT2D eigenvalue weighted by Crippen LogP contribution is 2.38. The summed E-state index contributed by atoms with van der Waals surface area (Å²) < 4.78 is 12.5. The van der Waals surface area contributed by atoms with Gasteiger partial charge in [0.15, 0.2) is 11.5 Å². The van der Waals surface area contributed by atoms with E-state index in [0.29, 0.717) is 41.3 Å². The van der Waals surface area contributed by atoms with Gasteiger partial charge < -0.3 is 14.8 Å². The molecule has 1 N–H and O–H groups in total. The van der Waals surface area contributed by atoms with Crippen molar-refractivity contribution >= 4 is 27.9 Å². The van der Waals surface area contributed by atoms with Crippen LogP contribution in [0.1, 0.15) is 30.0 Å². The van der Waals surface area contributed by atoms with Gasteiger partial charge in [-0.1, -0.05) is 60.7 Å². The SMILES string of the molecule is CCOc1cc(/C=C(/C#N)C(=O)NCCCc2ccccc2)cc(Br)c1OCc1ccccc1. The highest BCUT2D eigenvalue weighted by molar-refractivity contribution is 9.10. The van der Waals surface area contributed by atoms with Crippen LogP contribution >= 0.6 is 15.9 Å². The molecule has 3 aromatic rings. The van der Waals surface area contributed by atoms with E-state index in [-0.39, 0.29) is 5.57 Å². The van der Waals surface area contributed by atoms with E-state index in [2.05, 4.69) is 33.4 Å². The van der Waals surface area contributed by atoms with Gasteiger partial charge in [0, 0.05) is 6.54 Å². The molecule has 0 saturated carbocycles. The molecule has 34 heavy (non-hydrogen) atoms. The van der Waals surface area contributed by atoms with Crippen molar-refractivity contribution in [2.24, 2.45) is 0 Å². The Kier molecular flexibility index (Phi) is 9.75. The van der Waals surface area contributed by atoms with Crippen molar-refractivity contribution in [3.05, 3.63) is 99.5 Å². The van der Waals surface area contributed by atoms with E-state index in [1.807, 2.05) is 67.6 Å². The maximum Gasteiger partial charge on any atom is 0.261 e. The van der Waals surface area contributed by atoms with E-state index < -0.39 is 5.91 Å². The summed E-state index contributed by atoms with van der Waals surface area (Å²) in [6, 6.07) is 25.5. The van der Waals surface area contributed by atoms with E-state index in [1.54, 1.807) is 12.1 Å². The van der Waals surface area contributed by atoms with Crippen LogP contribution in [-0.2, 0) is 17.8 Å². The van der Waals surface area contributed by atoms with E-state index in [4.69, 9.17) is 9.47 Å². The normalized spacial score (nSPS) is 10.9. The third kappa shape index (κ3) is 7.50. The van der Waals surface area contributed by atoms with Crippen LogP contribution in [0.25, 0.3) is 6.08 Å². The van der Waals surface area contributed by atoms with E-state index >= 15 is 0 Å². The third-order valence-corrected chi connectivity index (χ3v) is 5.59.